The average Bonchev–Trinajstić information content (AvgIpc) is 2.76. The molecule has 0 bridgehead atoms. The fourth-order valence-corrected chi connectivity index (χ4v) is 1.65. The summed E-state index contributed by atoms with van der Waals surface area (Å²) in [5.74, 6) is 1.70. The molecule has 0 saturated carbocycles. The number of H-pyrrole nitrogens is 1. The number of hydrogen-bond donors (Lipinski definition) is 1. The van der Waals surface area contributed by atoms with Crippen molar-refractivity contribution in [1.82, 2.24) is 15.0 Å². The zero-order chi connectivity index (χ0) is 11.8. The number of rotatable bonds is 1. The normalized spacial score (nSPS) is 10.3. The number of hydrogen-bond acceptors (Lipinski definition) is 4. The van der Waals surface area contributed by atoms with Crippen LogP contribution in [0, 0.1) is 6.92 Å². The lowest BCUT2D eigenvalue weighted by atomic mass is 10.3. The Morgan fingerprint density at radius 1 is 1.28 bits per heavy atom. The van der Waals surface area contributed by atoms with Crippen LogP contribution >= 0.6 is 0 Å². The summed E-state index contributed by atoms with van der Waals surface area (Å²) < 4.78 is 5.41. The molecule has 92 valence electrons. The summed E-state index contributed by atoms with van der Waals surface area (Å²) in [6.07, 6.45) is 1.60. The van der Waals surface area contributed by atoms with Crippen molar-refractivity contribution in [3.63, 3.8) is 0 Å². The second-order valence-electron chi connectivity index (χ2n) is 3.70. The van der Waals surface area contributed by atoms with Crippen molar-refractivity contribution in [2.24, 2.45) is 0 Å². The summed E-state index contributed by atoms with van der Waals surface area (Å²) in [6, 6.07) is 6.97. The second kappa shape index (κ2) is 4.42. The van der Waals surface area contributed by atoms with Gasteiger partial charge in [0.1, 0.15) is 5.76 Å². The average molecular weight is 245 g/mol. The summed E-state index contributed by atoms with van der Waals surface area (Å²) in [5.41, 5.74) is 0.201. The number of fused-ring (bicyclic) bond motifs is 1. The van der Waals surface area contributed by atoms with Gasteiger partial charge in [-0.15, -0.1) is 0 Å². The highest BCUT2D eigenvalue weighted by Crippen LogP contribution is 2.17. The van der Waals surface area contributed by atoms with Crippen molar-refractivity contribution in [2.45, 2.75) is 6.92 Å². The van der Waals surface area contributed by atoms with E-state index in [1.807, 2.05) is 13.0 Å². The highest BCUT2D eigenvalue weighted by Gasteiger charge is 2.08. The first kappa shape index (κ1) is 12.0. The summed E-state index contributed by atoms with van der Waals surface area (Å²) >= 11 is 0. The first-order valence-electron chi connectivity index (χ1n) is 5.16. The van der Waals surface area contributed by atoms with E-state index < -0.39 is 0 Å². The molecule has 0 fully saturated rings. The first-order chi connectivity index (χ1) is 8.24. The maximum Gasteiger partial charge on any atom is 0.260 e. The van der Waals surface area contributed by atoms with E-state index in [1.54, 1.807) is 24.4 Å². The summed E-state index contributed by atoms with van der Waals surface area (Å²) in [5, 5.41) is 0.472. The second-order valence-corrected chi connectivity index (χ2v) is 3.70. The van der Waals surface area contributed by atoms with Crippen molar-refractivity contribution >= 4 is 11.0 Å². The standard InChI is InChI=1S/C12H9N3O2.H2O/c1-7-4-5-9(17-7)11-14-10-8(12(16)15-11)3-2-6-13-10;/h2-6H,1H3,(H,13,14,15,16);1H2. The molecule has 3 N–H and O–H groups in total. The Morgan fingerprint density at radius 3 is 2.83 bits per heavy atom. The van der Waals surface area contributed by atoms with E-state index in [2.05, 4.69) is 15.0 Å². The van der Waals surface area contributed by atoms with Gasteiger partial charge >= 0.3 is 0 Å². The van der Waals surface area contributed by atoms with Crippen LogP contribution in [0.25, 0.3) is 22.6 Å². The van der Waals surface area contributed by atoms with Crippen molar-refractivity contribution in [1.29, 1.82) is 0 Å². The number of furan rings is 1. The Labute approximate surface area is 102 Å². The Morgan fingerprint density at radius 2 is 2.11 bits per heavy atom. The molecule has 0 amide bonds. The van der Waals surface area contributed by atoms with Gasteiger partial charge in [-0.3, -0.25) is 4.79 Å². The number of pyridine rings is 1. The fraction of sp³-hybridized carbons (Fsp3) is 0.0833. The smallest absolute Gasteiger partial charge is 0.260 e. The zero-order valence-electron chi connectivity index (χ0n) is 9.60. The van der Waals surface area contributed by atoms with Gasteiger partial charge in [-0.05, 0) is 31.2 Å². The van der Waals surface area contributed by atoms with Crippen molar-refractivity contribution in [2.75, 3.05) is 0 Å². The third-order valence-corrected chi connectivity index (χ3v) is 2.45. The minimum Gasteiger partial charge on any atom is -0.458 e. The lowest BCUT2D eigenvalue weighted by Crippen LogP contribution is -2.09. The minimum absolute atomic E-state index is 0. The first-order valence-corrected chi connectivity index (χ1v) is 5.16. The van der Waals surface area contributed by atoms with Crippen LogP contribution in [0.1, 0.15) is 5.76 Å². The van der Waals surface area contributed by atoms with Crippen LogP contribution in [0.15, 0.2) is 39.7 Å². The van der Waals surface area contributed by atoms with Crippen molar-refractivity contribution in [3.8, 4) is 11.6 Å². The van der Waals surface area contributed by atoms with Gasteiger partial charge in [-0.25, -0.2) is 9.97 Å². The van der Waals surface area contributed by atoms with E-state index in [4.69, 9.17) is 4.42 Å². The van der Waals surface area contributed by atoms with Crippen LogP contribution in [-0.4, -0.2) is 20.4 Å². The topological polar surface area (TPSA) is 103 Å². The van der Waals surface area contributed by atoms with Crippen molar-refractivity contribution < 1.29 is 9.89 Å². The Balaban J connectivity index is 0.00000120. The van der Waals surface area contributed by atoms with E-state index in [-0.39, 0.29) is 11.0 Å². The predicted octanol–water partition coefficient (Wildman–Crippen LogP) is 1.06. The van der Waals surface area contributed by atoms with Gasteiger partial charge in [-0.2, -0.15) is 0 Å². The van der Waals surface area contributed by atoms with E-state index in [9.17, 15) is 4.79 Å². The molecule has 3 aromatic rings. The molecule has 0 atom stereocenters. The van der Waals surface area contributed by atoms with E-state index >= 15 is 0 Å². The van der Waals surface area contributed by atoms with Crippen LogP contribution in [0.4, 0.5) is 0 Å². The molecule has 6 nitrogen and oxygen atoms in total. The van der Waals surface area contributed by atoms with Crippen molar-refractivity contribution in [3.05, 3.63) is 46.6 Å². The van der Waals surface area contributed by atoms with Crippen LogP contribution in [-0.2, 0) is 0 Å². The number of aromatic amines is 1. The largest absolute Gasteiger partial charge is 0.458 e. The van der Waals surface area contributed by atoms with Crippen LogP contribution in [0.2, 0.25) is 0 Å². The van der Waals surface area contributed by atoms with E-state index in [0.717, 1.165) is 5.76 Å². The van der Waals surface area contributed by atoms with Gasteiger partial charge < -0.3 is 14.9 Å². The number of nitrogens with one attached hydrogen (secondary N) is 1. The summed E-state index contributed by atoms with van der Waals surface area (Å²) in [4.78, 5) is 22.8. The number of nitrogens with zero attached hydrogens (tertiary/aromatic N) is 2. The Hall–Kier alpha value is -2.47. The molecule has 0 aliphatic heterocycles. The molecule has 0 spiro atoms. The molecule has 18 heavy (non-hydrogen) atoms. The lowest BCUT2D eigenvalue weighted by Gasteiger charge is -1.98. The van der Waals surface area contributed by atoms with Crippen LogP contribution in [0.5, 0.6) is 0 Å². The summed E-state index contributed by atoms with van der Waals surface area (Å²) in [7, 11) is 0. The molecule has 3 aromatic heterocycles. The van der Waals surface area contributed by atoms with Gasteiger partial charge in [-0.1, -0.05) is 0 Å². The van der Waals surface area contributed by atoms with Gasteiger partial charge in [0, 0.05) is 6.20 Å². The molecular weight excluding hydrogens is 234 g/mol. The Bertz CT molecular complexity index is 745. The highest BCUT2D eigenvalue weighted by molar-refractivity contribution is 5.74. The Kier molecular flexibility index (Phi) is 2.95. The van der Waals surface area contributed by atoms with E-state index in [0.29, 0.717) is 22.6 Å². The SMILES string of the molecule is Cc1ccc(-c2nc3ncccc3c(=O)[nH]2)o1.O. The molecule has 6 heteroatoms. The molecule has 0 radical (unpaired) electrons. The quantitative estimate of drug-likeness (QED) is 0.692. The third-order valence-electron chi connectivity index (χ3n) is 2.45. The van der Waals surface area contributed by atoms with Gasteiger partial charge in [0.25, 0.3) is 5.56 Å². The van der Waals surface area contributed by atoms with Crippen LogP contribution < -0.4 is 5.56 Å². The number of aromatic nitrogens is 3. The molecular formula is C12H11N3O3. The van der Waals surface area contributed by atoms with Gasteiger partial charge in [0.05, 0.1) is 5.39 Å². The van der Waals surface area contributed by atoms with E-state index in [1.165, 1.54) is 0 Å². The van der Waals surface area contributed by atoms with Gasteiger partial charge in [0.2, 0.25) is 0 Å². The zero-order valence-corrected chi connectivity index (χ0v) is 9.60. The molecule has 0 unspecified atom stereocenters. The maximum absolute atomic E-state index is 11.8. The van der Waals surface area contributed by atoms with Crippen LogP contribution in [0.3, 0.4) is 0 Å². The lowest BCUT2D eigenvalue weighted by molar-refractivity contribution is 0.544. The van der Waals surface area contributed by atoms with Gasteiger partial charge in [0.15, 0.2) is 17.2 Å². The molecule has 3 rings (SSSR count). The molecule has 0 aromatic carbocycles. The molecule has 3 heterocycles. The minimum atomic E-state index is -0.216. The maximum atomic E-state index is 11.8. The predicted molar refractivity (Wildman–Crippen MR) is 66.2 cm³/mol. The summed E-state index contributed by atoms with van der Waals surface area (Å²) in [6.45, 7) is 1.83. The number of aryl methyl sites for hydroxylation is 1. The highest BCUT2D eigenvalue weighted by atomic mass is 16.3. The third kappa shape index (κ3) is 1.89. The molecule has 0 aliphatic carbocycles. The molecule has 0 saturated heterocycles. The fourth-order valence-electron chi connectivity index (χ4n) is 1.65. The monoisotopic (exact) mass is 245 g/mol. The molecule has 0 aliphatic rings.